The minimum atomic E-state index is -0.883. The number of nitrogens with zero attached hydrogens (tertiary/aromatic N) is 1. The van der Waals surface area contributed by atoms with Crippen molar-refractivity contribution in [1.29, 1.82) is 0 Å². The first kappa shape index (κ1) is 16.8. The van der Waals surface area contributed by atoms with Gasteiger partial charge in [-0.05, 0) is 43.2 Å². The van der Waals surface area contributed by atoms with Crippen molar-refractivity contribution in [3.63, 3.8) is 0 Å². The zero-order valence-corrected chi connectivity index (χ0v) is 14.4. The zero-order valence-electron chi connectivity index (χ0n) is 12.9. The van der Waals surface area contributed by atoms with Gasteiger partial charge in [0.25, 0.3) is 5.91 Å². The van der Waals surface area contributed by atoms with Crippen LogP contribution in [0, 0.1) is 0 Å². The predicted octanol–water partition coefficient (Wildman–Crippen LogP) is 4.60. The molecule has 3 rings (SSSR count). The van der Waals surface area contributed by atoms with Crippen LogP contribution < -0.4 is 4.90 Å². The van der Waals surface area contributed by atoms with Gasteiger partial charge in [0.2, 0.25) is 0 Å². The summed E-state index contributed by atoms with van der Waals surface area (Å²) < 4.78 is 0. The van der Waals surface area contributed by atoms with E-state index in [-0.39, 0.29) is 17.0 Å². The van der Waals surface area contributed by atoms with E-state index in [0.717, 1.165) is 0 Å². The van der Waals surface area contributed by atoms with Gasteiger partial charge < -0.3 is 10.0 Å². The molecule has 1 heterocycles. The van der Waals surface area contributed by atoms with E-state index in [4.69, 9.17) is 23.2 Å². The topological polar surface area (TPSA) is 57.6 Å². The van der Waals surface area contributed by atoms with Gasteiger partial charge >= 0.3 is 5.97 Å². The maximum atomic E-state index is 13.0. The van der Waals surface area contributed by atoms with Gasteiger partial charge in [-0.15, -0.1) is 0 Å². The van der Waals surface area contributed by atoms with Gasteiger partial charge in [0.1, 0.15) is 0 Å². The number of carboxylic acid groups (broad SMARTS) is 1. The van der Waals surface area contributed by atoms with Gasteiger partial charge in [-0.25, -0.2) is 0 Å². The lowest BCUT2D eigenvalue weighted by Gasteiger charge is -2.38. The number of benzene rings is 2. The molecule has 2 atom stereocenters. The normalized spacial score (nSPS) is 19.7. The molecule has 1 aliphatic rings. The third-order valence-electron chi connectivity index (χ3n) is 4.27. The van der Waals surface area contributed by atoms with E-state index in [9.17, 15) is 14.7 Å². The van der Waals surface area contributed by atoms with Crippen LogP contribution in [0.15, 0.2) is 42.5 Å². The molecule has 1 N–H and O–H groups in total. The highest BCUT2D eigenvalue weighted by Gasteiger charge is 2.37. The first-order valence-corrected chi connectivity index (χ1v) is 8.26. The van der Waals surface area contributed by atoms with Gasteiger partial charge in [0.05, 0.1) is 16.5 Å². The third-order valence-corrected chi connectivity index (χ3v) is 4.82. The van der Waals surface area contributed by atoms with E-state index in [1.165, 1.54) is 6.07 Å². The van der Waals surface area contributed by atoms with Crippen molar-refractivity contribution >= 4 is 40.8 Å². The van der Waals surface area contributed by atoms with Crippen molar-refractivity contribution < 1.29 is 14.7 Å². The highest BCUT2D eigenvalue weighted by Crippen LogP contribution is 2.39. The van der Waals surface area contributed by atoms with Crippen LogP contribution in [0.1, 0.15) is 35.2 Å². The Balaban J connectivity index is 2.08. The smallest absolute Gasteiger partial charge is 0.311 e. The fourth-order valence-corrected chi connectivity index (χ4v) is 3.64. The SMILES string of the molecule is CC1CC(C(=O)O)c2ccccc2N1C(=O)c1ccc(Cl)cc1Cl. The van der Waals surface area contributed by atoms with Crippen molar-refractivity contribution in [3.8, 4) is 0 Å². The molecule has 1 amide bonds. The van der Waals surface area contributed by atoms with E-state index < -0.39 is 11.9 Å². The van der Waals surface area contributed by atoms with Crippen LogP contribution >= 0.6 is 23.2 Å². The Bertz CT molecular complexity index is 822. The molecular weight excluding hydrogens is 349 g/mol. The molecule has 0 fully saturated rings. The quantitative estimate of drug-likeness (QED) is 0.847. The van der Waals surface area contributed by atoms with E-state index in [2.05, 4.69) is 0 Å². The number of amides is 1. The van der Waals surface area contributed by atoms with Crippen molar-refractivity contribution in [2.24, 2.45) is 0 Å². The highest BCUT2D eigenvalue weighted by atomic mass is 35.5. The van der Waals surface area contributed by atoms with Crippen LogP contribution in [0.3, 0.4) is 0 Å². The number of carbonyl (C=O) groups excluding carboxylic acids is 1. The third kappa shape index (κ3) is 2.87. The standard InChI is InChI=1S/C18H15Cl2NO3/c1-10-8-14(18(23)24)12-4-2-3-5-16(12)21(10)17(22)13-7-6-11(19)9-15(13)20/h2-7,9-10,14H,8H2,1H3,(H,23,24). The predicted molar refractivity (Wildman–Crippen MR) is 94.2 cm³/mol. The Kier molecular flexibility index (Phi) is 4.52. The minimum absolute atomic E-state index is 0.263. The van der Waals surface area contributed by atoms with Crippen molar-refractivity contribution in [2.45, 2.75) is 25.3 Å². The number of fused-ring (bicyclic) bond motifs is 1. The summed E-state index contributed by atoms with van der Waals surface area (Å²) in [4.78, 5) is 26.2. The zero-order chi connectivity index (χ0) is 17.4. The molecule has 0 spiro atoms. The summed E-state index contributed by atoms with van der Waals surface area (Å²) in [5.74, 6) is -1.77. The van der Waals surface area contributed by atoms with Crippen molar-refractivity contribution in [1.82, 2.24) is 0 Å². The van der Waals surface area contributed by atoms with Gasteiger partial charge in [0, 0.05) is 16.8 Å². The second kappa shape index (κ2) is 6.46. The Morgan fingerprint density at radius 3 is 2.54 bits per heavy atom. The molecule has 2 aromatic carbocycles. The molecule has 0 radical (unpaired) electrons. The van der Waals surface area contributed by atoms with E-state index >= 15 is 0 Å². The molecule has 124 valence electrons. The largest absolute Gasteiger partial charge is 0.481 e. The minimum Gasteiger partial charge on any atom is -0.481 e. The number of anilines is 1. The molecule has 24 heavy (non-hydrogen) atoms. The highest BCUT2D eigenvalue weighted by molar-refractivity contribution is 6.37. The number of para-hydroxylation sites is 1. The molecule has 4 nitrogen and oxygen atoms in total. The van der Waals surface area contributed by atoms with Crippen LogP contribution in [-0.4, -0.2) is 23.0 Å². The fourth-order valence-electron chi connectivity index (χ4n) is 3.15. The summed E-state index contributed by atoms with van der Waals surface area (Å²) >= 11 is 12.1. The summed E-state index contributed by atoms with van der Waals surface area (Å²) in [5, 5.41) is 10.2. The Labute approximate surface area is 149 Å². The Morgan fingerprint density at radius 2 is 1.88 bits per heavy atom. The van der Waals surface area contributed by atoms with E-state index in [0.29, 0.717) is 28.3 Å². The van der Waals surface area contributed by atoms with Crippen LogP contribution in [0.2, 0.25) is 10.0 Å². The molecule has 2 unspecified atom stereocenters. The molecule has 1 aliphatic heterocycles. The van der Waals surface area contributed by atoms with Gasteiger partial charge in [-0.1, -0.05) is 41.4 Å². The summed E-state index contributed by atoms with van der Waals surface area (Å²) in [6, 6.07) is 11.6. The molecule has 6 heteroatoms. The number of hydrogen-bond donors (Lipinski definition) is 1. The maximum Gasteiger partial charge on any atom is 0.311 e. The maximum absolute atomic E-state index is 13.0. The summed E-state index contributed by atoms with van der Waals surface area (Å²) in [5.41, 5.74) is 1.60. The van der Waals surface area contributed by atoms with Gasteiger partial charge in [-0.2, -0.15) is 0 Å². The molecule has 0 aromatic heterocycles. The summed E-state index contributed by atoms with van der Waals surface area (Å²) in [6.07, 6.45) is 0.350. The second-order valence-electron chi connectivity index (χ2n) is 5.83. The van der Waals surface area contributed by atoms with E-state index in [1.807, 2.05) is 6.92 Å². The molecule has 0 aliphatic carbocycles. The van der Waals surface area contributed by atoms with E-state index in [1.54, 1.807) is 41.3 Å². The molecular formula is C18H15Cl2NO3. The Hall–Kier alpha value is -2.04. The molecule has 0 saturated carbocycles. The first-order valence-electron chi connectivity index (χ1n) is 7.50. The monoisotopic (exact) mass is 363 g/mol. The second-order valence-corrected chi connectivity index (χ2v) is 6.68. The average molecular weight is 364 g/mol. The lowest BCUT2D eigenvalue weighted by Crippen LogP contribution is -2.44. The fraction of sp³-hybridized carbons (Fsp3) is 0.222. The van der Waals surface area contributed by atoms with Gasteiger partial charge in [0.15, 0.2) is 0 Å². The van der Waals surface area contributed by atoms with Gasteiger partial charge in [-0.3, -0.25) is 9.59 Å². The summed E-state index contributed by atoms with van der Waals surface area (Å²) in [6.45, 7) is 1.84. The van der Waals surface area contributed by atoms with Crippen LogP contribution in [0.4, 0.5) is 5.69 Å². The number of carboxylic acids is 1. The Morgan fingerprint density at radius 1 is 1.17 bits per heavy atom. The van der Waals surface area contributed by atoms with Crippen LogP contribution in [-0.2, 0) is 4.79 Å². The number of carbonyl (C=O) groups is 2. The van der Waals surface area contributed by atoms with Crippen molar-refractivity contribution in [2.75, 3.05) is 4.90 Å². The average Bonchev–Trinajstić information content (AvgIpc) is 2.53. The summed E-state index contributed by atoms with van der Waals surface area (Å²) in [7, 11) is 0. The molecule has 2 aromatic rings. The number of rotatable bonds is 2. The number of aliphatic carboxylic acids is 1. The first-order chi connectivity index (χ1) is 11.4. The van der Waals surface area contributed by atoms with Crippen LogP contribution in [0.5, 0.6) is 0 Å². The van der Waals surface area contributed by atoms with Crippen molar-refractivity contribution in [3.05, 3.63) is 63.6 Å². The molecule has 0 bridgehead atoms. The number of hydrogen-bond acceptors (Lipinski definition) is 2. The van der Waals surface area contributed by atoms with Crippen LogP contribution in [0.25, 0.3) is 0 Å². The molecule has 0 saturated heterocycles. The lowest BCUT2D eigenvalue weighted by atomic mass is 9.85. The lowest BCUT2D eigenvalue weighted by molar-refractivity contribution is -0.139. The number of halogens is 2.